The largest absolute Gasteiger partial charge is 0.492 e. The molecule has 2 aromatic carbocycles. The van der Waals surface area contributed by atoms with Crippen molar-refractivity contribution in [1.82, 2.24) is 0 Å². The van der Waals surface area contributed by atoms with Crippen molar-refractivity contribution in [2.75, 3.05) is 17.5 Å². The smallest absolute Gasteiger partial charge is 0.264 e. The van der Waals surface area contributed by atoms with E-state index in [1.54, 1.807) is 25.1 Å². The van der Waals surface area contributed by atoms with Crippen molar-refractivity contribution in [3.8, 4) is 5.75 Å². The monoisotopic (exact) mass is 371 g/mol. The standard InChI is InChI=1S/C16H15ClFNO4S/c1-2-23-15-6-4-3-5-14(15)19(11-16(17)20)24(21,22)13-9-7-12(18)8-10-13/h3-10H,2,11H2,1H3. The highest BCUT2D eigenvalue weighted by molar-refractivity contribution is 7.92. The second-order valence-corrected chi connectivity index (χ2v) is 7.01. The van der Waals surface area contributed by atoms with Gasteiger partial charge in [-0.05, 0) is 54.9 Å². The van der Waals surface area contributed by atoms with Crippen LogP contribution in [0, 0.1) is 5.82 Å². The Morgan fingerprint density at radius 2 is 1.79 bits per heavy atom. The summed E-state index contributed by atoms with van der Waals surface area (Å²) in [5.41, 5.74) is 0.178. The molecule has 0 amide bonds. The lowest BCUT2D eigenvalue weighted by Crippen LogP contribution is -2.34. The van der Waals surface area contributed by atoms with Crippen LogP contribution >= 0.6 is 11.6 Å². The summed E-state index contributed by atoms with van der Waals surface area (Å²) in [5, 5.41) is -0.855. The molecule has 0 saturated carbocycles. The van der Waals surface area contributed by atoms with Gasteiger partial charge in [0, 0.05) is 0 Å². The summed E-state index contributed by atoms with van der Waals surface area (Å²) in [6.45, 7) is 1.49. The fourth-order valence-corrected chi connectivity index (χ4v) is 3.71. The number of hydrogen-bond acceptors (Lipinski definition) is 4. The van der Waals surface area contributed by atoms with Crippen LogP contribution in [0.2, 0.25) is 0 Å². The van der Waals surface area contributed by atoms with Crippen molar-refractivity contribution >= 4 is 32.6 Å². The van der Waals surface area contributed by atoms with Crippen molar-refractivity contribution in [2.24, 2.45) is 0 Å². The van der Waals surface area contributed by atoms with Crippen LogP contribution < -0.4 is 9.04 Å². The number of ether oxygens (including phenoxy) is 1. The molecule has 0 saturated heterocycles. The Balaban J connectivity index is 2.57. The second kappa shape index (κ2) is 7.63. The van der Waals surface area contributed by atoms with Crippen molar-refractivity contribution in [2.45, 2.75) is 11.8 Å². The number of para-hydroxylation sites is 2. The summed E-state index contributed by atoms with van der Waals surface area (Å²) < 4.78 is 45.1. The zero-order valence-electron chi connectivity index (χ0n) is 12.8. The van der Waals surface area contributed by atoms with Gasteiger partial charge in [0.05, 0.1) is 17.2 Å². The van der Waals surface area contributed by atoms with E-state index in [2.05, 4.69) is 0 Å². The topological polar surface area (TPSA) is 63.7 Å². The van der Waals surface area contributed by atoms with Crippen LogP contribution in [0.5, 0.6) is 5.75 Å². The SMILES string of the molecule is CCOc1ccccc1N(CC(=O)Cl)S(=O)(=O)c1ccc(F)cc1. The predicted molar refractivity (Wildman–Crippen MR) is 89.4 cm³/mol. The molecule has 0 radical (unpaired) electrons. The van der Waals surface area contributed by atoms with Crippen LogP contribution in [0.3, 0.4) is 0 Å². The molecule has 0 aliphatic carbocycles. The first-order valence-corrected chi connectivity index (χ1v) is 8.86. The number of sulfonamides is 1. The third kappa shape index (κ3) is 4.04. The van der Waals surface area contributed by atoms with E-state index in [0.717, 1.165) is 28.6 Å². The molecular weight excluding hydrogens is 357 g/mol. The number of carbonyl (C=O) groups excluding carboxylic acids is 1. The van der Waals surface area contributed by atoms with E-state index in [1.807, 2.05) is 0 Å². The van der Waals surface area contributed by atoms with Gasteiger partial charge in [-0.15, -0.1) is 0 Å². The number of benzene rings is 2. The van der Waals surface area contributed by atoms with Gasteiger partial charge >= 0.3 is 0 Å². The molecule has 0 atom stereocenters. The second-order valence-electron chi connectivity index (χ2n) is 4.72. The summed E-state index contributed by atoms with van der Waals surface area (Å²) in [6.07, 6.45) is 0. The number of rotatable bonds is 7. The molecule has 0 aromatic heterocycles. The van der Waals surface area contributed by atoms with E-state index in [-0.39, 0.29) is 10.6 Å². The van der Waals surface area contributed by atoms with Gasteiger partial charge < -0.3 is 4.74 Å². The number of halogens is 2. The van der Waals surface area contributed by atoms with Crippen LogP contribution in [0.4, 0.5) is 10.1 Å². The fraction of sp³-hybridized carbons (Fsp3) is 0.188. The minimum absolute atomic E-state index is 0.159. The molecule has 5 nitrogen and oxygen atoms in total. The molecule has 0 aliphatic heterocycles. The summed E-state index contributed by atoms with van der Waals surface area (Å²) >= 11 is 5.42. The van der Waals surface area contributed by atoms with Crippen LogP contribution in [0.1, 0.15) is 6.92 Å². The summed E-state index contributed by atoms with van der Waals surface area (Å²) in [6, 6.07) is 10.7. The first-order chi connectivity index (χ1) is 11.4. The lowest BCUT2D eigenvalue weighted by molar-refractivity contribution is -0.110. The maximum absolute atomic E-state index is 13.1. The molecule has 128 valence electrons. The molecule has 0 fully saturated rings. The van der Waals surface area contributed by atoms with E-state index >= 15 is 0 Å². The zero-order chi connectivity index (χ0) is 17.7. The molecule has 0 spiro atoms. The van der Waals surface area contributed by atoms with Gasteiger partial charge in [0.2, 0.25) is 5.24 Å². The number of nitrogens with zero attached hydrogens (tertiary/aromatic N) is 1. The van der Waals surface area contributed by atoms with E-state index in [9.17, 15) is 17.6 Å². The van der Waals surface area contributed by atoms with Crippen molar-refractivity contribution in [3.05, 3.63) is 54.3 Å². The molecule has 0 aliphatic rings. The Kier molecular flexibility index (Phi) is 5.80. The third-order valence-corrected chi connectivity index (χ3v) is 5.00. The molecule has 2 rings (SSSR count). The lowest BCUT2D eigenvalue weighted by atomic mass is 10.3. The summed E-state index contributed by atoms with van der Waals surface area (Å²) in [4.78, 5) is 11.2. The molecule has 0 heterocycles. The van der Waals surface area contributed by atoms with Gasteiger partial charge in [-0.2, -0.15) is 0 Å². The van der Waals surface area contributed by atoms with Gasteiger partial charge in [-0.25, -0.2) is 12.8 Å². The van der Waals surface area contributed by atoms with Crippen LogP contribution in [-0.2, 0) is 14.8 Å². The zero-order valence-corrected chi connectivity index (χ0v) is 14.3. The van der Waals surface area contributed by atoms with E-state index in [1.165, 1.54) is 6.07 Å². The molecule has 2 aromatic rings. The Labute approximate surface area is 144 Å². The predicted octanol–water partition coefficient (Wildman–Crippen LogP) is 3.19. The van der Waals surface area contributed by atoms with Crippen LogP contribution in [0.25, 0.3) is 0 Å². The number of anilines is 1. The lowest BCUT2D eigenvalue weighted by Gasteiger charge is -2.25. The van der Waals surface area contributed by atoms with E-state index < -0.39 is 27.6 Å². The van der Waals surface area contributed by atoms with Crippen LogP contribution in [0.15, 0.2) is 53.4 Å². The average Bonchev–Trinajstić information content (AvgIpc) is 2.54. The Bertz CT molecular complexity index is 824. The summed E-state index contributed by atoms with van der Waals surface area (Å²) in [7, 11) is -4.13. The third-order valence-electron chi connectivity index (χ3n) is 3.10. The Hall–Kier alpha value is -2.12. The molecule has 0 N–H and O–H groups in total. The van der Waals surface area contributed by atoms with Gasteiger partial charge in [-0.3, -0.25) is 9.10 Å². The number of carbonyl (C=O) groups is 1. The molecule has 0 unspecified atom stereocenters. The summed E-state index contributed by atoms with van der Waals surface area (Å²) in [5.74, 6) is -0.271. The highest BCUT2D eigenvalue weighted by atomic mass is 35.5. The highest BCUT2D eigenvalue weighted by Gasteiger charge is 2.28. The van der Waals surface area contributed by atoms with Crippen LogP contribution in [-0.4, -0.2) is 26.8 Å². The minimum atomic E-state index is -4.13. The van der Waals surface area contributed by atoms with Crippen molar-refractivity contribution in [1.29, 1.82) is 0 Å². The maximum Gasteiger partial charge on any atom is 0.264 e. The molecular formula is C16H15ClFNO4S. The van der Waals surface area contributed by atoms with Gasteiger partial charge in [0.15, 0.2) is 0 Å². The molecule has 0 bridgehead atoms. The van der Waals surface area contributed by atoms with Crippen molar-refractivity contribution in [3.63, 3.8) is 0 Å². The minimum Gasteiger partial charge on any atom is -0.492 e. The van der Waals surface area contributed by atoms with Gasteiger partial charge in [-0.1, -0.05) is 12.1 Å². The quantitative estimate of drug-likeness (QED) is 0.701. The normalized spacial score (nSPS) is 11.1. The first-order valence-electron chi connectivity index (χ1n) is 7.04. The molecule has 24 heavy (non-hydrogen) atoms. The Morgan fingerprint density at radius 1 is 1.17 bits per heavy atom. The van der Waals surface area contributed by atoms with Crippen molar-refractivity contribution < 1.29 is 22.3 Å². The fourth-order valence-electron chi connectivity index (χ4n) is 2.09. The first kappa shape index (κ1) is 18.2. The van der Waals surface area contributed by atoms with Gasteiger partial charge in [0.1, 0.15) is 18.1 Å². The Morgan fingerprint density at radius 3 is 2.38 bits per heavy atom. The molecule has 8 heteroatoms. The highest BCUT2D eigenvalue weighted by Crippen LogP contribution is 2.32. The average molecular weight is 372 g/mol. The number of hydrogen-bond donors (Lipinski definition) is 0. The van der Waals surface area contributed by atoms with Gasteiger partial charge in [0.25, 0.3) is 10.0 Å². The maximum atomic E-state index is 13.1. The van der Waals surface area contributed by atoms with E-state index in [0.29, 0.717) is 12.4 Å². The van der Waals surface area contributed by atoms with E-state index in [4.69, 9.17) is 16.3 Å².